The van der Waals surface area contributed by atoms with E-state index >= 15 is 0 Å². The molecule has 0 aliphatic heterocycles. The summed E-state index contributed by atoms with van der Waals surface area (Å²) in [6, 6.07) is 10.9. The Bertz CT molecular complexity index is 659. The van der Waals surface area contributed by atoms with Crippen molar-refractivity contribution in [3.8, 4) is 11.3 Å². The van der Waals surface area contributed by atoms with Crippen LogP contribution in [-0.4, -0.2) is 28.2 Å². The number of carboxylic acid groups (broad SMARTS) is 1. The maximum atomic E-state index is 12.0. The van der Waals surface area contributed by atoms with Gasteiger partial charge in [0.25, 0.3) is 5.91 Å². The lowest BCUT2D eigenvalue weighted by atomic mass is 9.80. The van der Waals surface area contributed by atoms with E-state index in [1.54, 1.807) is 6.07 Å². The van der Waals surface area contributed by atoms with E-state index in [4.69, 9.17) is 9.63 Å². The molecule has 1 aromatic carbocycles. The molecule has 21 heavy (non-hydrogen) atoms. The molecule has 1 heterocycles. The van der Waals surface area contributed by atoms with E-state index in [1.807, 2.05) is 30.3 Å². The van der Waals surface area contributed by atoms with Crippen LogP contribution in [0, 0.1) is 5.92 Å². The van der Waals surface area contributed by atoms with Gasteiger partial charge in [-0.2, -0.15) is 0 Å². The summed E-state index contributed by atoms with van der Waals surface area (Å²) in [7, 11) is 0. The van der Waals surface area contributed by atoms with Crippen molar-refractivity contribution in [1.29, 1.82) is 0 Å². The molecule has 1 aliphatic carbocycles. The number of amides is 1. The van der Waals surface area contributed by atoms with Gasteiger partial charge < -0.3 is 14.9 Å². The zero-order valence-electron chi connectivity index (χ0n) is 11.2. The summed E-state index contributed by atoms with van der Waals surface area (Å²) in [4.78, 5) is 22.7. The van der Waals surface area contributed by atoms with E-state index in [-0.39, 0.29) is 23.6 Å². The molecular formula is C15H14N2O4. The second-order valence-electron chi connectivity index (χ2n) is 5.12. The van der Waals surface area contributed by atoms with Gasteiger partial charge in [-0.1, -0.05) is 35.5 Å². The van der Waals surface area contributed by atoms with Crippen molar-refractivity contribution in [2.75, 3.05) is 0 Å². The van der Waals surface area contributed by atoms with Crippen molar-refractivity contribution in [3.63, 3.8) is 0 Å². The highest BCUT2D eigenvalue weighted by Gasteiger charge is 2.35. The van der Waals surface area contributed by atoms with Crippen molar-refractivity contribution in [2.24, 2.45) is 5.92 Å². The smallest absolute Gasteiger partial charge is 0.306 e. The Morgan fingerprint density at radius 2 is 1.95 bits per heavy atom. The lowest BCUT2D eigenvalue weighted by Crippen LogP contribution is -2.46. The Morgan fingerprint density at radius 3 is 2.62 bits per heavy atom. The molecule has 0 spiro atoms. The molecule has 2 aromatic rings. The molecule has 0 unspecified atom stereocenters. The van der Waals surface area contributed by atoms with Gasteiger partial charge in [0.1, 0.15) is 0 Å². The number of carbonyl (C=O) groups is 2. The Labute approximate surface area is 120 Å². The third-order valence-electron chi connectivity index (χ3n) is 3.62. The summed E-state index contributed by atoms with van der Waals surface area (Å²) in [6.07, 6.45) is 0.926. The van der Waals surface area contributed by atoms with Crippen LogP contribution in [0.1, 0.15) is 23.3 Å². The highest BCUT2D eigenvalue weighted by molar-refractivity contribution is 5.93. The molecule has 1 saturated carbocycles. The Hall–Kier alpha value is -2.63. The number of nitrogens with one attached hydrogen (secondary N) is 1. The number of hydrogen-bond acceptors (Lipinski definition) is 4. The fourth-order valence-corrected chi connectivity index (χ4v) is 2.32. The third kappa shape index (κ3) is 2.79. The van der Waals surface area contributed by atoms with Crippen LogP contribution in [0.3, 0.4) is 0 Å². The standard InChI is InChI=1S/C15H14N2O4/c18-14(16-11-6-10(7-11)15(19)20)12-8-13(21-17-12)9-4-2-1-3-5-9/h1-5,8,10-11H,6-7H2,(H,16,18)(H,19,20). The van der Waals surface area contributed by atoms with E-state index in [2.05, 4.69) is 10.5 Å². The van der Waals surface area contributed by atoms with Crippen molar-refractivity contribution in [1.82, 2.24) is 10.5 Å². The monoisotopic (exact) mass is 286 g/mol. The highest BCUT2D eigenvalue weighted by atomic mass is 16.5. The van der Waals surface area contributed by atoms with Gasteiger partial charge in [0.2, 0.25) is 0 Å². The lowest BCUT2D eigenvalue weighted by Gasteiger charge is -2.32. The number of benzene rings is 1. The Balaban J connectivity index is 1.62. The molecule has 0 bridgehead atoms. The van der Waals surface area contributed by atoms with E-state index in [9.17, 15) is 9.59 Å². The molecule has 1 amide bonds. The van der Waals surface area contributed by atoms with Gasteiger partial charge in [-0.25, -0.2) is 0 Å². The zero-order valence-corrected chi connectivity index (χ0v) is 11.2. The minimum Gasteiger partial charge on any atom is -0.481 e. The first-order valence-corrected chi connectivity index (χ1v) is 6.69. The molecule has 6 heteroatoms. The largest absolute Gasteiger partial charge is 0.481 e. The second-order valence-corrected chi connectivity index (χ2v) is 5.12. The average molecular weight is 286 g/mol. The lowest BCUT2D eigenvalue weighted by molar-refractivity contribution is -0.145. The van der Waals surface area contributed by atoms with E-state index in [0.717, 1.165) is 5.56 Å². The second kappa shape index (κ2) is 5.40. The van der Waals surface area contributed by atoms with Crippen LogP contribution < -0.4 is 5.32 Å². The fourth-order valence-electron chi connectivity index (χ4n) is 2.32. The molecule has 2 N–H and O–H groups in total. The fraction of sp³-hybridized carbons (Fsp3) is 0.267. The summed E-state index contributed by atoms with van der Waals surface area (Å²) in [5.41, 5.74) is 1.05. The first kappa shape index (κ1) is 13.4. The number of carbonyl (C=O) groups excluding carboxylic acids is 1. The minimum absolute atomic E-state index is 0.101. The van der Waals surface area contributed by atoms with Gasteiger partial charge in [-0.05, 0) is 12.8 Å². The van der Waals surface area contributed by atoms with Crippen molar-refractivity contribution >= 4 is 11.9 Å². The Kier molecular flexibility index (Phi) is 3.43. The van der Waals surface area contributed by atoms with Gasteiger partial charge in [-0.15, -0.1) is 0 Å². The van der Waals surface area contributed by atoms with Crippen LogP contribution >= 0.6 is 0 Å². The molecular weight excluding hydrogens is 272 g/mol. The summed E-state index contributed by atoms with van der Waals surface area (Å²) in [5, 5.41) is 15.3. The van der Waals surface area contributed by atoms with E-state index in [0.29, 0.717) is 18.6 Å². The number of carboxylic acids is 1. The van der Waals surface area contributed by atoms with Gasteiger partial charge in [0, 0.05) is 17.7 Å². The van der Waals surface area contributed by atoms with Crippen LogP contribution in [0.2, 0.25) is 0 Å². The average Bonchev–Trinajstić information content (AvgIpc) is 2.92. The van der Waals surface area contributed by atoms with Crippen LogP contribution in [0.25, 0.3) is 11.3 Å². The number of aromatic nitrogens is 1. The van der Waals surface area contributed by atoms with Gasteiger partial charge in [0.05, 0.1) is 5.92 Å². The van der Waals surface area contributed by atoms with Crippen LogP contribution in [0.4, 0.5) is 0 Å². The molecule has 0 saturated heterocycles. The SMILES string of the molecule is O=C(NC1CC(C(=O)O)C1)c1cc(-c2ccccc2)on1. The highest BCUT2D eigenvalue weighted by Crippen LogP contribution is 2.28. The topological polar surface area (TPSA) is 92.4 Å². The zero-order chi connectivity index (χ0) is 14.8. The maximum absolute atomic E-state index is 12.0. The van der Waals surface area contributed by atoms with Crippen molar-refractivity contribution in [2.45, 2.75) is 18.9 Å². The minimum atomic E-state index is -0.812. The molecule has 0 radical (unpaired) electrons. The summed E-state index contributed by atoms with van der Waals surface area (Å²) in [6.45, 7) is 0. The predicted molar refractivity (Wildman–Crippen MR) is 73.6 cm³/mol. The number of aliphatic carboxylic acids is 1. The molecule has 0 atom stereocenters. The van der Waals surface area contributed by atoms with Gasteiger partial charge >= 0.3 is 5.97 Å². The summed E-state index contributed by atoms with van der Waals surface area (Å²) < 4.78 is 5.16. The summed E-state index contributed by atoms with van der Waals surface area (Å²) in [5.74, 6) is -0.978. The molecule has 1 aliphatic rings. The number of rotatable bonds is 4. The molecule has 6 nitrogen and oxygen atoms in total. The number of nitrogens with zero attached hydrogens (tertiary/aromatic N) is 1. The molecule has 1 aromatic heterocycles. The number of hydrogen-bond donors (Lipinski definition) is 2. The van der Waals surface area contributed by atoms with Gasteiger partial charge in [-0.3, -0.25) is 9.59 Å². The molecule has 108 valence electrons. The van der Waals surface area contributed by atoms with Crippen LogP contribution in [0.15, 0.2) is 40.9 Å². The summed E-state index contributed by atoms with van der Waals surface area (Å²) >= 11 is 0. The first-order valence-electron chi connectivity index (χ1n) is 6.69. The molecule has 1 fully saturated rings. The normalized spacial score (nSPS) is 20.6. The van der Waals surface area contributed by atoms with E-state index < -0.39 is 5.97 Å². The van der Waals surface area contributed by atoms with Crippen molar-refractivity contribution < 1.29 is 19.2 Å². The van der Waals surface area contributed by atoms with E-state index in [1.165, 1.54) is 0 Å². The maximum Gasteiger partial charge on any atom is 0.306 e. The van der Waals surface area contributed by atoms with Crippen LogP contribution in [-0.2, 0) is 4.79 Å². The quantitative estimate of drug-likeness (QED) is 0.896. The molecule has 3 rings (SSSR count). The first-order chi connectivity index (χ1) is 10.1. The van der Waals surface area contributed by atoms with Gasteiger partial charge in [0.15, 0.2) is 11.5 Å². The van der Waals surface area contributed by atoms with Crippen LogP contribution in [0.5, 0.6) is 0 Å². The predicted octanol–water partition coefficient (Wildman–Crippen LogP) is 1.93. The third-order valence-corrected chi connectivity index (χ3v) is 3.62. The Morgan fingerprint density at radius 1 is 1.24 bits per heavy atom. The van der Waals surface area contributed by atoms with Crippen molar-refractivity contribution in [3.05, 3.63) is 42.1 Å².